The highest BCUT2D eigenvalue weighted by Crippen LogP contribution is 2.24. The lowest BCUT2D eigenvalue weighted by Crippen LogP contribution is -2.27. The Labute approximate surface area is 132 Å². The van der Waals surface area contributed by atoms with Crippen molar-refractivity contribution in [2.24, 2.45) is 0 Å². The Balaban J connectivity index is 1.51. The minimum absolute atomic E-state index is 0.192. The molecule has 3 rings (SSSR count). The van der Waals surface area contributed by atoms with Crippen molar-refractivity contribution in [1.82, 2.24) is 20.3 Å². The van der Waals surface area contributed by atoms with E-state index in [0.717, 1.165) is 23.9 Å². The van der Waals surface area contributed by atoms with Crippen molar-refractivity contribution in [2.45, 2.75) is 19.3 Å². The molecule has 22 heavy (non-hydrogen) atoms. The van der Waals surface area contributed by atoms with Crippen molar-refractivity contribution >= 4 is 28.2 Å². The molecule has 3 N–H and O–H groups in total. The predicted molar refractivity (Wildman–Crippen MR) is 86.0 cm³/mol. The molecular weight excluding hydrogens is 300 g/mol. The molecule has 0 aliphatic carbocycles. The van der Waals surface area contributed by atoms with E-state index in [2.05, 4.69) is 30.5 Å². The molecule has 2 aromatic heterocycles. The SMILES string of the molecule is Nc1ncncc1C(=O)NCCc1csc(N2CCCC2)n1. The maximum atomic E-state index is 12.0. The van der Waals surface area contributed by atoms with Crippen LogP contribution in [0.5, 0.6) is 0 Å². The Kier molecular flexibility index (Phi) is 4.47. The van der Waals surface area contributed by atoms with E-state index >= 15 is 0 Å². The first-order valence-corrected chi connectivity index (χ1v) is 8.15. The zero-order valence-electron chi connectivity index (χ0n) is 12.2. The van der Waals surface area contributed by atoms with Gasteiger partial charge in [0.05, 0.1) is 11.3 Å². The molecule has 0 aromatic carbocycles. The van der Waals surface area contributed by atoms with Crippen molar-refractivity contribution in [2.75, 3.05) is 30.3 Å². The number of nitrogen functional groups attached to an aromatic ring is 1. The molecule has 0 saturated carbocycles. The molecular formula is C14H18N6OS. The molecule has 0 spiro atoms. The zero-order chi connectivity index (χ0) is 15.4. The van der Waals surface area contributed by atoms with Gasteiger partial charge in [-0.1, -0.05) is 0 Å². The van der Waals surface area contributed by atoms with Gasteiger partial charge < -0.3 is 16.0 Å². The number of carbonyl (C=O) groups excluding carboxylic acids is 1. The number of nitrogens with two attached hydrogens (primary N) is 1. The highest BCUT2D eigenvalue weighted by molar-refractivity contribution is 7.13. The number of hydrogen-bond acceptors (Lipinski definition) is 7. The summed E-state index contributed by atoms with van der Waals surface area (Å²) >= 11 is 1.67. The maximum absolute atomic E-state index is 12.0. The van der Waals surface area contributed by atoms with E-state index in [1.54, 1.807) is 11.3 Å². The molecule has 0 atom stereocenters. The second-order valence-corrected chi connectivity index (χ2v) is 5.98. The van der Waals surface area contributed by atoms with Gasteiger partial charge >= 0.3 is 0 Å². The van der Waals surface area contributed by atoms with E-state index in [0.29, 0.717) is 18.5 Å². The monoisotopic (exact) mass is 318 g/mol. The second-order valence-electron chi connectivity index (χ2n) is 5.14. The van der Waals surface area contributed by atoms with E-state index in [4.69, 9.17) is 5.73 Å². The fraction of sp³-hybridized carbons (Fsp3) is 0.429. The zero-order valence-corrected chi connectivity index (χ0v) is 13.0. The van der Waals surface area contributed by atoms with E-state index in [1.165, 1.54) is 25.4 Å². The quantitative estimate of drug-likeness (QED) is 0.856. The molecule has 1 aliphatic heterocycles. The summed E-state index contributed by atoms with van der Waals surface area (Å²) in [5.74, 6) is -0.0643. The summed E-state index contributed by atoms with van der Waals surface area (Å²) in [6.45, 7) is 2.70. The third-order valence-corrected chi connectivity index (χ3v) is 4.52. The van der Waals surface area contributed by atoms with E-state index in [1.807, 2.05) is 0 Å². The van der Waals surface area contributed by atoms with Crippen LogP contribution >= 0.6 is 11.3 Å². The number of anilines is 2. The average molecular weight is 318 g/mol. The lowest BCUT2D eigenvalue weighted by atomic mass is 10.2. The molecule has 0 unspecified atom stereocenters. The van der Waals surface area contributed by atoms with Crippen molar-refractivity contribution in [3.05, 3.63) is 29.2 Å². The first kappa shape index (κ1) is 14.7. The normalized spacial score (nSPS) is 14.3. The van der Waals surface area contributed by atoms with Gasteiger partial charge in [0.2, 0.25) is 0 Å². The fourth-order valence-corrected chi connectivity index (χ4v) is 3.29. The van der Waals surface area contributed by atoms with E-state index < -0.39 is 0 Å². The molecule has 116 valence electrons. The van der Waals surface area contributed by atoms with Crippen molar-refractivity contribution in [3.8, 4) is 0 Å². The third-order valence-electron chi connectivity index (χ3n) is 3.57. The lowest BCUT2D eigenvalue weighted by Gasteiger charge is -2.12. The summed E-state index contributed by atoms with van der Waals surface area (Å²) in [5.41, 5.74) is 6.96. The van der Waals surface area contributed by atoms with Gasteiger partial charge in [-0.15, -0.1) is 11.3 Å². The molecule has 1 aliphatic rings. The number of aromatic nitrogens is 3. The van der Waals surface area contributed by atoms with Gasteiger partial charge in [-0.25, -0.2) is 15.0 Å². The van der Waals surface area contributed by atoms with Crippen LogP contribution in [0.1, 0.15) is 28.9 Å². The average Bonchev–Trinajstić information content (AvgIpc) is 3.18. The van der Waals surface area contributed by atoms with Crippen LogP contribution in [0.15, 0.2) is 17.9 Å². The lowest BCUT2D eigenvalue weighted by molar-refractivity contribution is 0.0954. The summed E-state index contributed by atoms with van der Waals surface area (Å²) in [5, 5.41) is 5.96. The van der Waals surface area contributed by atoms with Crippen LogP contribution in [-0.2, 0) is 6.42 Å². The summed E-state index contributed by atoms with van der Waals surface area (Å²) < 4.78 is 0. The fourth-order valence-electron chi connectivity index (χ4n) is 2.38. The molecule has 8 heteroatoms. The van der Waals surface area contributed by atoms with Gasteiger partial charge in [0, 0.05) is 37.6 Å². The smallest absolute Gasteiger partial charge is 0.256 e. The first-order chi connectivity index (χ1) is 10.7. The van der Waals surface area contributed by atoms with Crippen molar-refractivity contribution < 1.29 is 4.79 Å². The molecule has 3 heterocycles. The molecule has 2 aromatic rings. The molecule has 1 fully saturated rings. The van der Waals surface area contributed by atoms with Gasteiger partial charge in [0.15, 0.2) is 5.13 Å². The molecule has 0 bridgehead atoms. The first-order valence-electron chi connectivity index (χ1n) is 7.27. The van der Waals surface area contributed by atoms with Gasteiger partial charge in [-0.05, 0) is 12.8 Å². The summed E-state index contributed by atoms with van der Waals surface area (Å²) in [6.07, 6.45) is 5.92. The highest BCUT2D eigenvalue weighted by atomic mass is 32.1. The van der Waals surface area contributed by atoms with Gasteiger partial charge in [-0.3, -0.25) is 4.79 Å². The Morgan fingerprint density at radius 1 is 1.41 bits per heavy atom. The largest absolute Gasteiger partial charge is 0.383 e. The predicted octanol–water partition coefficient (Wildman–Crippen LogP) is 1.09. The van der Waals surface area contributed by atoms with Crippen molar-refractivity contribution in [3.63, 3.8) is 0 Å². The van der Waals surface area contributed by atoms with Gasteiger partial charge in [0.25, 0.3) is 5.91 Å². The number of hydrogen-bond donors (Lipinski definition) is 2. The van der Waals surface area contributed by atoms with Crippen LogP contribution in [0.2, 0.25) is 0 Å². The summed E-state index contributed by atoms with van der Waals surface area (Å²) in [4.78, 5) is 26.5. The molecule has 0 radical (unpaired) electrons. The number of nitrogens with one attached hydrogen (secondary N) is 1. The van der Waals surface area contributed by atoms with Crippen LogP contribution in [0.4, 0.5) is 10.9 Å². The number of amides is 1. The minimum Gasteiger partial charge on any atom is -0.383 e. The van der Waals surface area contributed by atoms with E-state index in [9.17, 15) is 4.79 Å². The third kappa shape index (κ3) is 3.33. The van der Waals surface area contributed by atoms with Crippen LogP contribution in [-0.4, -0.2) is 40.5 Å². The van der Waals surface area contributed by atoms with Crippen LogP contribution in [0.3, 0.4) is 0 Å². The van der Waals surface area contributed by atoms with Gasteiger partial charge in [-0.2, -0.15) is 0 Å². The number of nitrogens with zero attached hydrogens (tertiary/aromatic N) is 4. The topological polar surface area (TPSA) is 97.0 Å². The molecule has 1 saturated heterocycles. The minimum atomic E-state index is -0.256. The van der Waals surface area contributed by atoms with Gasteiger partial charge in [0.1, 0.15) is 12.1 Å². The molecule has 1 amide bonds. The van der Waals surface area contributed by atoms with Crippen LogP contribution in [0.25, 0.3) is 0 Å². The standard InChI is InChI=1S/C14H18N6OS/c15-12-11(7-16-9-18-12)13(21)17-4-3-10-8-22-14(19-10)20-5-1-2-6-20/h7-9H,1-6H2,(H,17,21)(H2,15,16,18). The van der Waals surface area contributed by atoms with Crippen LogP contribution < -0.4 is 16.0 Å². The summed E-state index contributed by atoms with van der Waals surface area (Å²) in [7, 11) is 0. The number of thiazole rings is 1. The second kappa shape index (κ2) is 6.69. The Morgan fingerprint density at radius 3 is 3.00 bits per heavy atom. The Hall–Kier alpha value is -2.22. The molecule has 7 nitrogen and oxygen atoms in total. The van der Waals surface area contributed by atoms with E-state index in [-0.39, 0.29) is 11.7 Å². The highest BCUT2D eigenvalue weighted by Gasteiger charge is 2.16. The van der Waals surface area contributed by atoms with Crippen LogP contribution in [0, 0.1) is 0 Å². The van der Waals surface area contributed by atoms with Crippen molar-refractivity contribution in [1.29, 1.82) is 0 Å². The summed E-state index contributed by atoms with van der Waals surface area (Å²) in [6, 6.07) is 0. The maximum Gasteiger partial charge on any atom is 0.256 e. The Bertz CT molecular complexity index is 652. The number of carbonyl (C=O) groups is 1. The number of rotatable bonds is 5. The Morgan fingerprint density at radius 2 is 2.23 bits per heavy atom.